The predicted octanol–water partition coefficient (Wildman–Crippen LogP) is 18.5. The molecule has 0 N–H and O–H groups in total. The second-order valence-electron chi connectivity index (χ2n) is 17.9. The molecule has 0 saturated heterocycles. The Kier molecular flexibility index (Phi) is 52.0. The van der Waals surface area contributed by atoms with Gasteiger partial charge in [-0.2, -0.15) is 0 Å². The summed E-state index contributed by atoms with van der Waals surface area (Å²) in [4.78, 5) is 38.1. The number of allylic oxidation sites excluding steroid dienone is 20. The molecule has 0 amide bonds. The highest BCUT2D eigenvalue weighted by molar-refractivity contribution is 5.71. The number of unbranched alkanes of at least 4 members (excludes halogenated alkanes) is 23. The zero-order chi connectivity index (χ0) is 49.3. The molecule has 68 heavy (non-hydrogen) atoms. The topological polar surface area (TPSA) is 78.9 Å². The Morgan fingerprint density at radius 3 is 1.01 bits per heavy atom. The van der Waals surface area contributed by atoms with E-state index in [2.05, 4.69) is 142 Å². The maximum Gasteiger partial charge on any atom is 0.306 e. The molecular weight excluding hydrogens is 841 g/mol. The van der Waals surface area contributed by atoms with Crippen LogP contribution < -0.4 is 0 Å². The quantitative estimate of drug-likeness (QED) is 0.0199. The number of carbonyl (C=O) groups excluding carboxylic acids is 3. The Morgan fingerprint density at radius 2 is 0.632 bits per heavy atom. The summed E-state index contributed by atoms with van der Waals surface area (Å²) in [6.45, 7) is 6.40. The molecule has 0 rings (SSSR count). The third-order valence-electron chi connectivity index (χ3n) is 11.4. The van der Waals surface area contributed by atoms with Gasteiger partial charge < -0.3 is 14.2 Å². The zero-order valence-corrected chi connectivity index (χ0v) is 43.8. The SMILES string of the molecule is CC/C=C\C/C=C\CCCCCCCCCC(=O)OCC(COC(=O)CCCCCCC\C=C/C=C\C=C/C=C\CCCCC)OC(=O)CCCCCCC\C=C/C=C\C=C/C=C\CCCCC. The van der Waals surface area contributed by atoms with Crippen LogP contribution in [0.5, 0.6) is 0 Å². The van der Waals surface area contributed by atoms with Gasteiger partial charge in [-0.1, -0.05) is 239 Å². The lowest BCUT2D eigenvalue weighted by Crippen LogP contribution is -2.30. The van der Waals surface area contributed by atoms with Gasteiger partial charge in [-0.25, -0.2) is 0 Å². The van der Waals surface area contributed by atoms with Crippen LogP contribution in [-0.2, 0) is 28.6 Å². The van der Waals surface area contributed by atoms with E-state index in [0.29, 0.717) is 19.3 Å². The molecule has 0 spiro atoms. The molecule has 1 unspecified atom stereocenters. The normalized spacial score (nSPS) is 13.0. The number of ether oxygens (including phenoxy) is 3. The molecule has 0 heterocycles. The summed E-state index contributed by atoms with van der Waals surface area (Å²) < 4.78 is 16.8. The van der Waals surface area contributed by atoms with E-state index in [1.807, 2.05) is 0 Å². The highest BCUT2D eigenvalue weighted by Gasteiger charge is 2.19. The van der Waals surface area contributed by atoms with Crippen LogP contribution in [-0.4, -0.2) is 37.2 Å². The molecule has 0 aliphatic rings. The first-order valence-corrected chi connectivity index (χ1v) is 27.6. The van der Waals surface area contributed by atoms with Crippen molar-refractivity contribution in [3.63, 3.8) is 0 Å². The molecular formula is C62H100O6. The number of esters is 3. The third kappa shape index (κ3) is 52.8. The van der Waals surface area contributed by atoms with Crippen molar-refractivity contribution in [2.75, 3.05) is 13.2 Å². The Bertz CT molecular complexity index is 1450. The molecule has 0 aliphatic carbocycles. The van der Waals surface area contributed by atoms with Crippen LogP contribution in [0.2, 0.25) is 0 Å². The standard InChI is InChI=1S/C62H100O6/c1-4-7-10-13-16-19-22-25-28-30-32-34-37-40-43-46-49-52-55-61(64)67-58-59(57-66-60(63)54-51-48-45-42-39-36-27-24-21-18-15-12-9-6-3)68-62(65)56-53-50-47-44-41-38-35-33-31-29-26-23-20-17-14-11-8-5-2/h9,12,16-23,25-26,28-35,59H,4-8,10-11,13-15,24,27,36-58H2,1-3H3/b12-9-,19-16-,20-17-,21-18-,25-22-,26-23-,30-28-,31-29-,34-32-,35-33-. The van der Waals surface area contributed by atoms with Crippen LogP contribution in [0, 0.1) is 0 Å². The van der Waals surface area contributed by atoms with Gasteiger partial charge in [0.25, 0.3) is 0 Å². The maximum absolute atomic E-state index is 12.8. The molecule has 0 aromatic heterocycles. The summed E-state index contributed by atoms with van der Waals surface area (Å²) in [5.41, 5.74) is 0. The first kappa shape index (κ1) is 63.8. The van der Waals surface area contributed by atoms with Gasteiger partial charge in [-0.3, -0.25) is 14.4 Å². The minimum absolute atomic E-state index is 0.103. The van der Waals surface area contributed by atoms with Crippen LogP contribution in [0.25, 0.3) is 0 Å². The van der Waals surface area contributed by atoms with Gasteiger partial charge in [0.05, 0.1) is 0 Å². The average molecular weight is 941 g/mol. The van der Waals surface area contributed by atoms with Crippen LogP contribution in [0.3, 0.4) is 0 Å². The fourth-order valence-corrected chi connectivity index (χ4v) is 7.21. The van der Waals surface area contributed by atoms with Crippen LogP contribution in [0.4, 0.5) is 0 Å². The van der Waals surface area contributed by atoms with Gasteiger partial charge >= 0.3 is 17.9 Å². The van der Waals surface area contributed by atoms with Crippen LogP contribution in [0.1, 0.15) is 233 Å². The van der Waals surface area contributed by atoms with Gasteiger partial charge in [0, 0.05) is 19.3 Å². The summed E-state index contributed by atoms with van der Waals surface area (Å²) in [5.74, 6) is -0.961. The number of rotatable bonds is 48. The Hall–Kier alpha value is -4.19. The Morgan fingerprint density at radius 1 is 0.324 bits per heavy atom. The molecule has 0 bridgehead atoms. The molecule has 0 saturated carbocycles. The van der Waals surface area contributed by atoms with Crippen molar-refractivity contribution in [3.05, 3.63) is 122 Å². The molecule has 6 nitrogen and oxygen atoms in total. The molecule has 0 fully saturated rings. The van der Waals surface area contributed by atoms with E-state index in [1.165, 1.54) is 64.2 Å². The largest absolute Gasteiger partial charge is 0.462 e. The second-order valence-corrected chi connectivity index (χ2v) is 17.9. The lowest BCUT2D eigenvalue weighted by molar-refractivity contribution is -0.167. The zero-order valence-electron chi connectivity index (χ0n) is 43.8. The molecule has 0 aliphatic heterocycles. The summed E-state index contributed by atoms with van der Waals surface area (Å²) >= 11 is 0. The van der Waals surface area contributed by atoms with Crippen LogP contribution in [0.15, 0.2) is 122 Å². The van der Waals surface area contributed by atoms with E-state index >= 15 is 0 Å². The lowest BCUT2D eigenvalue weighted by Gasteiger charge is -2.18. The Balaban J connectivity index is 4.52. The smallest absolute Gasteiger partial charge is 0.306 e. The monoisotopic (exact) mass is 941 g/mol. The molecule has 0 aromatic carbocycles. The van der Waals surface area contributed by atoms with Crippen molar-refractivity contribution in [1.29, 1.82) is 0 Å². The Labute approximate surface area is 418 Å². The van der Waals surface area contributed by atoms with Crippen molar-refractivity contribution < 1.29 is 28.6 Å². The minimum Gasteiger partial charge on any atom is -0.462 e. The van der Waals surface area contributed by atoms with E-state index in [9.17, 15) is 14.4 Å². The van der Waals surface area contributed by atoms with Crippen molar-refractivity contribution in [3.8, 4) is 0 Å². The number of hydrogen-bond acceptors (Lipinski definition) is 6. The molecule has 384 valence electrons. The van der Waals surface area contributed by atoms with Gasteiger partial charge in [0.2, 0.25) is 0 Å². The average Bonchev–Trinajstić information content (AvgIpc) is 3.34. The lowest BCUT2D eigenvalue weighted by atomic mass is 10.1. The van der Waals surface area contributed by atoms with Crippen LogP contribution >= 0.6 is 0 Å². The van der Waals surface area contributed by atoms with Gasteiger partial charge in [0.15, 0.2) is 6.10 Å². The molecule has 1 atom stereocenters. The van der Waals surface area contributed by atoms with Crippen molar-refractivity contribution in [1.82, 2.24) is 0 Å². The number of carbonyl (C=O) groups is 3. The highest BCUT2D eigenvalue weighted by atomic mass is 16.6. The summed E-state index contributed by atoms with van der Waals surface area (Å²) in [6.07, 6.45) is 76.0. The summed E-state index contributed by atoms with van der Waals surface area (Å²) in [7, 11) is 0. The maximum atomic E-state index is 12.8. The van der Waals surface area contributed by atoms with Crippen molar-refractivity contribution in [2.24, 2.45) is 0 Å². The van der Waals surface area contributed by atoms with E-state index in [4.69, 9.17) is 14.2 Å². The van der Waals surface area contributed by atoms with E-state index in [0.717, 1.165) is 128 Å². The summed E-state index contributed by atoms with van der Waals surface area (Å²) in [5, 5.41) is 0. The molecule has 0 radical (unpaired) electrons. The van der Waals surface area contributed by atoms with E-state index in [-0.39, 0.29) is 31.1 Å². The fraction of sp³-hybridized carbons (Fsp3) is 0.629. The van der Waals surface area contributed by atoms with E-state index in [1.54, 1.807) is 0 Å². The van der Waals surface area contributed by atoms with E-state index < -0.39 is 6.10 Å². The highest BCUT2D eigenvalue weighted by Crippen LogP contribution is 2.14. The predicted molar refractivity (Wildman–Crippen MR) is 293 cm³/mol. The number of hydrogen-bond donors (Lipinski definition) is 0. The van der Waals surface area contributed by atoms with Gasteiger partial charge in [-0.15, -0.1) is 0 Å². The first-order chi connectivity index (χ1) is 33.5. The molecule has 6 heteroatoms. The second kappa shape index (κ2) is 55.4. The first-order valence-electron chi connectivity index (χ1n) is 27.6. The van der Waals surface area contributed by atoms with Gasteiger partial charge in [-0.05, 0) is 96.3 Å². The molecule has 0 aromatic rings. The van der Waals surface area contributed by atoms with Crippen molar-refractivity contribution in [2.45, 2.75) is 239 Å². The third-order valence-corrected chi connectivity index (χ3v) is 11.4. The minimum atomic E-state index is -0.808. The summed E-state index contributed by atoms with van der Waals surface area (Å²) in [6, 6.07) is 0. The van der Waals surface area contributed by atoms with Crippen molar-refractivity contribution >= 4 is 17.9 Å². The van der Waals surface area contributed by atoms with Gasteiger partial charge in [0.1, 0.15) is 13.2 Å². The fourth-order valence-electron chi connectivity index (χ4n) is 7.21.